The Balaban J connectivity index is 2.51. The van der Waals surface area contributed by atoms with E-state index < -0.39 is 0 Å². The van der Waals surface area contributed by atoms with Crippen molar-refractivity contribution in [3.8, 4) is 0 Å². The minimum Gasteiger partial charge on any atom is -0.374 e. The van der Waals surface area contributed by atoms with Crippen LogP contribution in [0.15, 0.2) is 11.4 Å². The molecule has 0 aliphatic heterocycles. The van der Waals surface area contributed by atoms with Crippen LogP contribution < -0.4 is 10.6 Å². The van der Waals surface area contributed by atoms with E-state index in [2.05, 4.69) is 35.9 Å². The quantitative estimate of drug-likeness (QED) is 0.473. The summed E-state index contributed by atoms with van der Waals surface area (Å²) >= 11 is 1.73. The molecular weight excluding hydrogens is 256 g/mol. The zero-order valence-electron chi connectivity index (χ0n) is 12.1. The van der Waals surface area contributed by atoms with Crippen LogP contribution in [0.1, 0.15) is 57.9 Å². The van der Waals surface area contributed by atoms with Crippen LogP contribution in [0.3, 0.4) is 0 Å². The summed E-state index contributed by atoms with van der Waals surface area (Å²) in [6, 6.07) is 2.64. The minimum absolute atomic E-state index is 0.560. The summed E-state index contributed by atoms with van der Waals surface area (Å²) in [5, 5.41) is 9.69. The molecule has 0 radical (unpaired) electrons. The van der Waals surface area contributed by atoms with Crippen molar-refractivity contribution in [3.63, 3.8) is 0 Å². The molecule has 1 atom stereocenters. The molecule has 0 fully saturated rings. The van der Waals surface area contributed by atoms with Crippen molar-refractivity contribution in [2.24, 2.45) is 0 Å². The Morgan fingerprint density at radius 3 is 2.79 bits per heavy atom. The summed E-state index contributed by atoms with van der Waals surface area (Å²) < 4.78 is 0. The second kappa shape index (κ2) is 9.84. The average Bonchev–Trinajstić information content (AvgIpc) is 2.84. The van der Waals surface area contributed by atoms with E-state index in [4.69, 9.17) is 0 Å². The Morgan fingerprint density at radius 2 is 2.11 bits per heavy atom. The summed E-state index contributed by atoms with van der Waals surface area (Å²) in [4.78, 5) is 10.4. The molecule has 4 heteroatoms. The van der Waals surface area contributed by atoms with Gasteiger partial charge in [0.05, 0.1) is 5.00 Å². The van der Waals surface area contributed by atoms with E-state index in [1.165, 1.54) is 49.1 Å². The van der Waals surface area contributed by atoms with Crippen molar-refractivity contribution in [2.75, 3.05) is 5.32 Å². The Morgan fingerprint density at radius 1 is 1.26 bits per heavy atom. The van der Waals surface area contributed by atoms with E-state index in [1.807, 2.05) is 0 Å². The molecule has 1 unspecified atom stereocenters. The second-order valence-electron chi connectivity index (χ2n) is 4.90. The molecule has 0 aliphatic carbocycles. The van der Waals surface area contributed by atoms with Gasteiger partial charge >= 0.3 is 0 Å². The maximum Gasteiger partial charge on any atom is 0.207 e. The van der Waals surface area contributed by atoms with Crippen LogP contribution in [0, 0.1) is 0 Å². The van der Waals surface area contributed by atoms with Gasteiger partial charge in [0.2, 0.25) is 6.41 Å². The SMILES string of the molecule is CCCCCC(CCC)Nc1sccc1CNC=O. The standard InChI is InChI=1S/C15H26N2OS/c1-3-5-6-8-14(7-4-2)17-15-13(9-10-19-15)11-16-12-18/h9-10,12,14,17H,3-8,11H2,1-2H3,(H,16,18). The van der Waals surface area contributed by atoms with E-state index in [9.17, 15) is 4.79 Å². The van der Waals surface area contributed by atoms with Gasteiger partial charge in [0.15, 0.2) is 0 Å². The highest BCUT2D eigenvalue weighted by atomic mass is 32.1. The molecule has 1 aromatic rings. The summed E-state index contributed by atoms with van der Waals surface area (Å²) in [5.74, 6) is 0. The van der Waals surface area contributed by atoms with Crippen LogP contribution in [0.4, 0.5) is 5.00 Å². The Bertz CT molecular complexity index is 352. The number of anilines is 1. The largest absolute Gasteiger partial charge is 0.374 e. The lowest BCUT2D eigenvalue weighted by molar-refractivity contribution is -0.109. The fourth-order valence-corrected chi connectivity index (χ4v) is 3.11. The number of nitrogens with one attached hydrogen (secondary N) is 2. The lowest BCUT2D eigenvalue weighted by atomic mass is 10.0. The first kappa shape index (κ1) is 16.0. The fraction of sp³-hybridized carbons (Fsp3) is 0.667. The van der Waals surface area contributed by atoms with Crippen LogP contribution >= 0.6 is 11.3 Å². The van der Waals surface area contributed by atoms with Crippen LogP contribution in [-0.2, 0) is 11.3 Å². The molecule has 1 rings (SSSR count). The summed E-state index contributed by atoms with van der Waals surface area (Å²) in [6.07, 6.45) is 8.28. The van der Waals surface area contributed by atoms with Gasteiger partial charge < -0.3 is 10.6 Å². The monoisotopic (exact) mass is 282 g/mol. The van der Waals surface area contributed by atoms with E-state index >= 15 is 0 Å². The normalized spacial score (nSPS) is 12.1. The van der Waals surface area contributed by atoms with E-state index in [1.54, 1.807) is 11.3 Å². The first-order valence-electron chi connectivity index (χ1n) is 7.31. The van der Waals surface area contributed by atoms with Crippen LogP contribution in [0.5, 0.6) is 0 Å². The maximum atomic E-state index is 10.4. The van der Waals surface area contributed by atoms with Crippen molar-refractivity contribution < 1.29 is 4.79 Å². The van der Waals surface area contributed by atoms with Gasteiger partial charge in [-0.05, 0) is 24.3 Å². The third kappa shape index (κ3) is 6.10. The lowest BCUT2D eigenvalue weighted by Gasteiger charge is -2.19. The minimum atomic E-state index is 0.560. The smallest absolute Gasteiger partial charge is 0.207 e. The molecule has 0 bridgehead atoms. The summed E-state index contributed by atoms with van der Waals surface area (Å²) in [5.41, 5.74) is 1.19. The number of rotatable bonds is 11. The van der Waals surface area contributed by atoms with Gasteiger partial charge in [-0.2, -0.15) is 0 Å². The lowest BCUT2D eigenvalue weighted by Crippen LogP contribution is -2.20. The van der Waals surface area contributed by atoms with Crippen LogP contribution in [0.25, 0.3) is 0 Å². The maximum absolute atomic E-state index is 10.4. The predicted octanol–water partition coefficient (Wildman–Crippen LogP) is 4.16. The summed E-state index contributed by atoms with van der Waals surface area (Å²) in [6.45, 7) is 5.09. The number of thiophene rings is 1. The topological polar surface area (TPSA) is 41.1 Å². The van der Waals surface area contributed by atoms with Gasteiger partial charge in [0.25, 0.3) is 0 Å². The molecule has 0 saturated carbocycles. The number of hydrogen-bond acceptors (Lipinski definition) is 3. The molecule has 0 aliphatic rings. The van der Waals surface area contributed by atoms with Gasteiger partial charge in [-0.25, -0.2) is 0 Å². The van der Waals surface area contributed by atoms with Gasteiger partial charge in [0.1, 0.15) is 0 Å². The zero-order valence-corrected chi connectivity index (χ0v) is 12.9. The van der Waals surface area contributed by atoms with E-state index in [0.717, 1.165) is 6.41 Å². The number of carbonyl (C=O) groups is 1. The highest BCUT2D eigenvalue weighted by Crippen LogP contribution is 2.26. The first-order valence-corrected chi connectivity index (χ1v) is 8.19. The molecule has 0 spiro atoms. The van der Waals surface area contributed by atoms with Crippen molar-refractivity contribution >= 4 is 22.7 Å². The fourth-order valence-electron chi connectivity index (χ4n) is 2.22. The highest BCUT2D eigenvalue weighted by Gasteiger charge is 2.11. The van der Waals surface area contributed by atoms with E-state index in [0.29, 0.717) is 12.6 Å². The molecule has 3 nitrogen and oxygen atoms in total. The summed E-state index contributed by atoms with van der Waals surface area (Å²) in [7, 11) is 0. The van der Waals surface area contributed by atoms with Crippen molar-refractivity contribution in [2.45, 2.75) is 65.0 Å². The number of carbonyl (C=O) groups excluding carboxylic acids is 1. The van der Waals surface area contributed by atoms with E-state index in [-0.39, 0.29) is 0 Å². The molecule has 0 saturated heterocycles. The van der Waals surface area contributed by atoms with Gasteiger partial charge in [-0.3, -0.25) is 4.79 Å². The second-order valence-corrected chi connectivity index (χ2v) is 5.82. The van der Waals surface area contributed by atoms with Gasteiger partial charge in [0, 0.05) is 18.2 Å². The zero-order chi connectivity index (χ0) is 13.9. The number of amides is 1. The van der Waals surface area contributed by atoms with Crippen molar-refractivity contribution in [1.29, 1.82) is 0 Å². The molecular formula is C15H26N2OS. The molecule has 1 heterocycles. The molecule has 1 aromatic heterocycles. The van der Waals surface area contributed by atoms with Crippen molar-refractivity contribution in [1.82, 2.24) is 5.32 Å². The van der Waals surface area contributed by atoms with Gasteiger partial charge in [-0.15, -0.1) is 11.3 Å². The molecule has 0 aromatic carbocycles. The van der Waals surface area contributed by atoms with Crippen LogP contribution in [-0.4, -0.2) is 12.5 Å². The Hall–Kier alpha value is -1.03. The molecule has 1 amide bonds. The van der Waals surface area contributed by atoms with Crippen molar-refractivity contribution in [3.05, 3.63) is 17.0 Å². The third-order valence-corrected chi connectivity index (χ3v) is 4.14. The molecule has 108 valence electrons. The predicted molar refractivity (Wildman–Crippen MR) is 83.7 cm³/mol. The van der Waals surface area contributed by atoms with Gasteiger partial charge in [-0.1, -0.05) is 39.5 Å². The molecule has 2 N–H and O–H groups in total. The first-order chi connectivity index (χ1) is 9.31. The average molecular weight is 282 g/mol. The highest BCUT2D eigenvalue weighted by molar-refractivity contribution is 7.14. The number of hydrogen-bond donors (Lipinski definition) is 2. The molecule has 19 heavy (non-hydrogen) atoms. The third-order valence-electron chi connectivity index (χ3n) is 3.25. The number of unbranched alkanes of at least 4 members (excludes halogenated alkanes) is 2. The Kier molecular flexibility index (Phi) is 8.30. The van der Waals surface area contributed by atoms with Crippen LogP contribution in [0.2, 0.25) is 0 Å². The Labute approximate surface area is 120 Å².